The van der Waals surface area contributed by atoms with Gasteiger partial charge in [-0.3, -0.25) is 0 Å². The predicted molar refractivity (Wildman–Crippen MR) is 103 cm³/mol. The maximum atomic E-state index is 13.0. The lowest BCUT2D eigenvalue weighted by atomic mass is 9.89. The van der Waals surface area contributed by atoms with E-state index in [4.69, 9.17) is 9.47 Å². The van der Waals surface area contributed by atoms with Crippen LogP contribution in [-0.4, -0.2) is 45.7 Å². The number of carbonyl (C=O) groups excluding carboxylic acids is 1. The topological polar surface area (TPSA) is 96.2 Å². The maximum Gasteiger partial charge on any atom is 0.331 e. The highest BCUT2D eigenvalue weighted by Crippen LogP contribution is 2.26. The van der Waals surface area contributed by atoms with E-state index in [1.165, 1.54) is 36.4 Å². The lowest BCUT2D eigenvalue weighted by Crippen LogP contribution is -2.48. The summed E-state index contributed by atoms with van der Waals surface area (Å²) in [7, 11) is 0. The van der Waals surface area contributed by atoms with Crippen LogP contribution in [0.2, 0.25) is 0 Å². The van der Waals surface area contributed by atoms with Gasteiger partial charge in [0, 0.05) is 18.9 Å². The van der Waals surface area contributed by atoms with Gasteiger partial charge in [0.15, 0.2) is 0 Å². The zero-order chi connectivity index (χ0) is 20.8. The molecule has 154 valence electrons. The molecule has 1 saturated carbocycles. The Hall–Kier alpha value is -2.74. The SMILES string of the molecule is O=C(/C=C/c1ccc(O)cc1)O[C@@H]1C[C@@H](OCc2ccc(F)cc2)C[C@H](O)[C@H]1O. The van der Waals surface area contributed by atoms with Crippen molar-refractivity contribution in [3.05, 3.63) is 71.6 Å². The van der Waals surface area contributed by atoms with Crippen LogP contribution in [0.1, 0.15) is 24.0 Å². The van der Waals surface area contributed by atoms with Gasteiger partial charge in [0.1, 0.15) is 23.8 Å². The number of ether oxygens (including phenoxy) is 2. The van der Waals surface area contributed by atoms with Gasteiger partial charge in [-0.2, -0.15) is 0 Å². The van der Waals surface area contributed by atoms with Gasteiger partial charge in [-0.05, 0) is 41.5 Å². The molecular weight excluding hydrogens is 379 g/mol. The molecule has 0 aliphatic heterocycles. The quantitative estimate of drug-likeness (QED) is 0.508. The van der Waals surface area contributed by atoms with Crippen molar-refractivity contribution in [2.24, 2.45) is 0 Å². The minimum Gasteiger partial charge on any atom is -0.508 e. The molecule has 29 heavy (non-hydrogen) atoms. The molecule has 1 aliphatic carbocycles. The number of phenols is 1. The maximum absolute atomic E-state index is 13.0. The van der Waals surface area contributed by atoms with Gasteiger partial charge in [0.25, 0.3) is 0 Å². The summed E-state index contributed by atoms with van der Waals surface area (Å²) < 4.78 is 24.0. The molecule has 7 heteroatoms. The van der Waals surface area contributed by atoms with Crippen LogP contribution in [0, 0.1) is 5.82 Å². The Morgan fingerprint density at radius 2 is 1.76 bits per heavy atom. The Bertz CT molecular complexity index is 833. The van der Waals surface area contributed by atoms with Gasteiger partial charge in [0.2, 0.25) is 0 Å². The summed E-state index contributed by atoms with van der Waals surface area (Å²) in [6.45, 7) is 0.217. The Balaban J connectivity index is 1.54. The summed E-state index contributed by atoms with van der Waals surface area (Å²) in [5.74, 6) is -0.874. The Labute approximate surface area is 167 Å². The number of hydrogen-bond donors (Lipinski definition) is 3. The van der Waals surface area contributed by atoms with Crippen LogP contribution in [0.5, 0.6) is 5.75 Å². The lowest BCUT2D eigenvalue weighted by Gasteiger charge is -2.36. The highest BCUT2D eigenvalue weighted by molar-refractivity contribution is 5.87. The molecule has 2 aromatic rings. The van der Waals surface area contributed by atoms with Crippen LogP contribution in [0.4, 0.5) is 4.39 Å². The van der Waals surface area contributed by atoms with Gasteiger partial charge < -0.3 is 24.8 Å². The molecule has 3 rings (SSSR count). The van der Waals surface area contributed by atoms with E-state index in [0.29, 0.717) is 5.56 Å². The number of aliphatic hydroxyl groups is 2. The third-order valence-electron chi connectivity index (χ3n) is 4.75. The Kier molecular flexibility index (Phi) is 6.98. The standard InChI is InChI=1S/C22H23FO6/c23-16-6-1-15(2-7-16)13-28-18-11-19(25)22(27)20(12-18)29-21(26)10-5-14-3-8-17(24)9-4-14/h1-10,18-20,22,24-25,27H,11-13H2/b10-5+/t18-,19-,20+,22+/m0/s1. The van der Waals surface area contributed by atoms with Crippen LogP contribution >= 0.6 is 0 Å². The van der Waals surface area contributed by atoms with Crippen molar-refractivity contribution in [2.75, 3.05) is 0 Å². The van der Waals surface area contributed by atoms with Crippen molar-refractivity contribution >= 4 is 12.0 Å². The second kappa shape index (κ2) is 9.65. The Morgan fingerprint density at radius 1 is 1.07 bits per heavy atom. The van der Waals surface area contributed by atoms with E-state index in [1.807, 2.05) is 0 Å². The van der Waals surface area contributed by atoms with E-state index in [-0.39, 0.29) is 31.0 Å². The number of hydrogen-bond acceptors (Lipinski definition) is 6. The third-order valence-corrected chi connectivity index (χ3v) is 4.75. The van der Waals surface area contributed by atoms with Gasteiger partial charge >= 0.3 is 5.97 Å². The fraction of sp³-hybridized carbons (Fsp3) is 0.318. The molecule has 0 heterocycles. The number of halogens is 1. The first-order valence-electron chi connectivity index (χ1n) is 9.30. The second-order valence-electron chi connectivity index (χ2n) is 6.99. The molecule has 0 amide bonds. The first-order valence-corrected chi connectivity index (χ1v) is 9.30. The summed E-state index contributed by atoms with van der Waals surface area (Å²) in [4.78, 5) is 12.1. The molecule has 6 nitrogen and oxygen atoms in total. The fourth-order valence-corrected chi connectivity index (χ4v) is 3.14. The van der Waals surface area contributed by atoms with Gasteiger partial charge in [-0.1, -0.05) is 24.3 Å². The number of esters is 1. The van der Waals surface area contributed by atoms with Gasteiger partial charge in [-0.25, -0.2) is 9.18 Å². The van der Waals surface area contributed by atoms with E-state index in [0.717, 1.165) is 5.56 Å². The van der Waals surface area contributed by atoms with Crippen LogP contribution < -0.4 is 0 Å². The third kappa shape index (κ3) is 6.12. The van der Waals surface area contributed by atoms with Crippen LogP contribution in [-0.2, 0) is 20.9 Å². The molecule has 0 spiro atoms. The molecule has 0 radical (unpaired) electrons. The molecular formula is C22H23FO6. The average Bonchev–Trinajstić information content (AvgIpc) is 2.70. The van der Waals surface area contributed by atoms with Crippen molar-refractivity contribution in [3.8, 4) is 5.75 Å². The predicted octanol–water partition coefficient (Wildman–Crippen LogP) is 2.56. The van der Waals surface area contributed by atoms with Crippen molar-refractivity contribution in [3.63, 3.8) is 0 Å². The first-order chi connectivity index (χ1) is 13.9. The highest BCUT2D eigenvalue weighted by atomic mass is 19.1. The zero-order valence-corrected chi connectivity index (χ0v) is 15.6. The average molecular weight is 402 g/mol. The zero-order valence-electron chi connectivity index (χ0n) is 15.6. The minimum absolute atomic E-state index is 0.121. The van der Waals surface area contributed by atoms with E-state index < -0.39 is 30.4 Å². The number of phenolic OH excluding ortho intramolecular Hbond substituents is 1. The van der Waals surface area contributed by atoms with Crippen LogP contribution in [0.3, 0.4) is 0 Å². The number of aliphatic hydroxyl groups excluding tert-OH is 2. The summed E-state index contributed by atoms with van der Waals surface area (Å²) in [5.41, 5.74) is 1.47. The fourth-order valence-electron chi connectivity index (χ4n) is 3.14. The smallest absolute Gasteiger partial charge is 0.331 e. The number of aromatic hydroxyl groups is 1. The molecule has 1 fully saturated rings. The van der Waals surface area contributed by atoms with E-state index >= 15 is 0 Å². The summed E-state index contributed by atoms with van der Waals surface area (Å²) in [5, 5.41) is 29.5. The molecule has 0 saturated heterocycles. The molecule has 0 bridgehead atoms. The van der Waals surface area contributed by atoms with Gasteiger partial charge in [-0.15, -0.1) is 0 Å². The van der Waals surface area contributed by atoms with Crippen molar-refractivity contribution in [1.82, 2.24) is 0 Å². The first kappa shape index (κ1) is 21.0. The van der Waals surface area contributed by atoms with E-state index in [2.05, 4.69) is 0 Å². The summed E-state index contributed by atoms with van der Waals surface area (Å²) in [6, 6.07) is 12.1. The van der Waals surface area contributed by atoms with E-state index in [9.17, 15) is 24.5 Å². The number of benzene rings is 2. The van der Waals surface area contributed by atoms with E-state index in [1.54, 1.807) is 24.3 Å². The lowest BCUT2D eigenvalue weighted by molar-refractivity contribution is -0.171. The molecule has 2 aromatic carbocycles. The number of carbonyl (C=O) groups is 1. The summed E-state index contributed by atoms with van der Waals surface area (Å²) in [6.07, 6.45) is -0.429. The summed E-state index contributed by atoms with van der Waals surface area (Å²) >= 11 is 0. The normalized spacial score (nSPS) is 24.5. The second-order valence-corrected chi connectivity index (χ2v) is 6.99. The molecule has 4 atom stereocenters. The monoisotopic (exact) mass is 402 g/mol. The molecule has 0 aromatic heterocycles. The molecule has 1 aliphatic rings. The van der Waals surface area contributed by atoms with Gasteiger partial charge in [0.05, 0.1) is 18.8 Å². The van der Waals surface area contributed by atoms with Crippen LogP contribution in [0.25, 0.3) is 6.08 Å². The van der Waals surface area contributed by atoms with Crippen molar-refractivity contribution < 1.29 is 34.0 Å². The number of rotatable bonds is 6. The highest BCUT2D eigenvalue weighted by Gasteiger charge is 2.38. The van der Waals surface area contributed by atoms with Crippen molar-refractivity contribution in [2.45, 2.75) is 43.9 Å². The Morgan fingerprint density at radius 3 is 2.45 bits per heavy atom. The molecule has 0 unspecified atom stereocenters. The minimum atomic E-state index is -1.20. The molecule has 3 N–H and O–H groups in total. The largest absolute Gasteiger partial charge is 0.508 e. The van der Waals surface area contributed by atoms with Crippen molar-refractivity contribution in [1.29, 1.82) is 0 Å². The van der Waals surface area contributed by atoms with Crippen LogP contribution in [0.15, 0.2) is 54.6 Å².